The SMILES string of the molecule is O=C(COC(=O)c1occc1COc1ccccc1)NCc1ccc(F)cc1. The highest BCUT2D eigenvalue weighted by atomic mass is 19.1. The molecule has 7 heteroatoms. The summed E-state index contributed by atoms with van der Waals surface area (Å²) >= 11 is 0. The van der Waals surface area contributed by atoms with Gasteiger partial charge in [-0.15, -0.1) is 0 Å². The summed E-state index contributed by atoms with van der Waals surface area (Å²) < 4.78 is 28.6. The zero-order valence-electron chi connectivity index (χ0n) is 14.9. The molecule has 1 aromatic heterocycles. The summed E-state index contributed by atoms with van der Waals surface area (Å²) in [5.74, 6) is -0.945. The number of hydrogen-bond donors (Lipinski definition) is 1. The van der Waals surface area contributed by atoms with Gasteiger partial charge in [-0.25, -0.2) is 9.18 Å². The van der Waals surface area contributed by atoms with Gasteiger partial charge in [0.05, 0.1) is 6.26 Å². The predicted octanol–water partition coefficient (Wildman–Crippen LogP) is 3.47. The van der Waals surface area contributed by atoms with Gasteiger partial charge in [-0.1, -0.05) is 30.3 Å². The molecule has 0 saturated carbocycles. The standard InChI is InChI=1S/C21H18FNO5/c22-17-8-6-15(7-9-17)12-23-19(24)14-28-21(25)20-16(10-11-26-20)13-27-18-4-2-1-3-5-18/h1-11H,12-14H2,(H,23,24). The van der Waals surface area contributed by atoms with Crippen LogP contribution in [0, 0.1) is 5.82 Å². The molecule has 1 amide bonds. The molecule has 0 bridgehead atoms. The second-order valence-electron chi connectivity index (χ2n) is 5.86. The second kappa shape index (κ2) is 9.36. The Kier molecular flexibility index (Phi) is 6.41. The van der Waals surface area contributed by atoms with Crippen LogP contribution < -0.4 is 10.1 Å². The molecular weight excluding hydrogens is 365 g/mol. The van der Waals surface area contributed by atoms with Crippen LogP contribution in [0.25, 0.3) is 0 Å². The molecule has 0 atom stereocenters. The van der Waals surface area contributed by atoms with E-state index in [4.69, 9.17) is 13.9 Å². The molecule has 144 valence electrons. The van der Waals surface area contributed by atoms with Crippen molar-refractivity contribution in [3.8, 4) is 5.75 Å². The van der Waals surface area contributed by atoms with Crippen LogP contribution in [0.15, 0.2) is 71.3 Å². The Morgan fingerprint density at radius 3 is 2.50 bits per heavy atom. The third-order valence-corrected chi connectivity index (χ3v) is 3.81. The summed E-state index contributed by atoms with van der Waals surface area (Å²) in [4.78, 5) is 24.0. The highest BCUT2D eigenvalue weighted by molar-refractivity contribution is 5.90. The first-order chi connectivity index (χ1) is 13.6. The fraction of sp³-hybridized carbons (Fsp3) is 0.143. The lowest BCUT2D eigenvalue weighted by molar-refractivity contribution is -0.124. The maximum Gasteiger partial charge on any atom is 0.375 e. The fourth-order valence-corrected chi connectivity index (χ4v) is 2.36. The Morgan fingerprint density at radius 1 is 1.00 bits per heavy atom. The van der Waals surface area contributed by atoms with Crippen molar-refractivity contribution in [2.75, 3.05) is 6.61 Å². The zero-order chi connectivity index (χ0) is 19.8. The number of carbonyl (C=O) groups excluding carboxylic acids is 2. The van der Waals surface area contributed by atoms with Gasteiger partial charge in [-0.3, -0.25) is 4.79 Å². The molecule has 0 aliphatic carbocycles. The Morgan fingerprint density at radius 2 is 1.75 bits per heavy atom. The van der Waals surface area contributed by atoms with Crippen LogP contribution in [-0.2, 0) is 22.7 Å². The predicted molar refractivity (Wildman–Crippen MR) is 98.0 cm³/mol. The highest BCUT2D eigenvalue weighted by Crippen LogP contribution is 2.16. The van der Waals surface area contributed by atoms with Gasteiger partial charge in [-0.2, -0.15) is 0 Å². The zero-order valence-corrected chi connectivity index (χ0v) is 14.9. The summed E-state index contributed by atoms with van der Waals surface area (Å²) in [5.41, 5.74) is 1.24. The van der Waals surface area contributed by atoms with Crippen molar-refractivity contribution >= 4 is 11.9 Å². The quantitative estimate of drug-likeness (QED) is 0.603. The molecule has 0 saturated heterocycles. The summed E-state index contributed by atoms with van der Waals surface area (Å²) in [6.07, 6.45) is 1.36. The number of nitrogens with one attached hydrogen (secondary N) is 1. The van der Waals surface area contributed by atoms with Crippen LogP contribution in [-0.4, -0.2) is 18.5 Å². The number of benzene rings is 2. The van der Waals surface area contributed by atoms with Gasteiger partial charge in [0.25, 0.3) is 5.91 Å². The minimum Gasteiger partial charge on any atom is -0.489 e. The van der Waals surface area contributed by atoms with E-state index >= 15 is 0 Å². The Balaban J connectivity index is 1.46. The van der Waals surface area contributed by atoms with Crippen molar-refractivity contribution in [1.29, 1.82) is 0 Å². The lowest BCUT2D eigenvalue weighted by atomic mass is 10.2. The molecule has 0 aliphatic rings. The molecule has 0 aliphatic heterocycles. The number of rotatable bonds is 8. The summed E-state index contributed by atoms with van der Waals surface area (Å²) in [7, 11) is 0. The third kappa shape index (κ3) is 5.44. The summed E-state index contributed by atoms with van der Waals surface area (Å²) in [6.45, 7) is -0.130. The first kappa shape index (κ1) is 19.2. The number of furan rings is 1. The minimum atomic E-state index is -0.756. The molecule has 3 aromatic rings. The van der Waals surface area contributed by atoms with Crippen LogP contribution in [0.3, 0.4) is 0 Å². The highest BCUT2D eigenvalue weighted by Gasteiger charge is 2.18. The summed E-state index contributed by atoms with van der Waals surface area (Å²) in [6, 6.07) is 16.5. The van der Waals surface area contributed by atoms with Gasteiger partial charge in [0.2, 0.25) is 5.76 Å². The molecule has 1 N–H and O–H groups in total. The Hall–Kier alpha value is -3.61. The summed E-state index contributed by atoms with van der Waals surface area (Å²) in [5, 5.41) is 2.59. The number of ether oxygens (including phenoxy) is 2. The van der Waals surface area contributed by atoms with Gasteiger partial charge in [0.15, 0.2) is 6.61 Å². The van der Waals surface area contributed by atoms with E-state index in [9.17, 15) is 14.0 Å². The average molecular weight is 383 g/mol. The van der Waals surface area contributed by atoms with Crippen molar-refractivity contribution in [1.82, 2.24) is 5.32 Å². The number of amides is 1. The molecule has 0 fully saturated rings. The molecule has 6 nitrogen and oxygen atoms in total. The lowest BCUT2D eigenvalue weighted by Gasteiger charge is -2.08. The van der Waals surface area contributed by atoms with Crippen LogP contribution >= 0.6 is 0 Å². The van der Waals surface area contributed by atoms with Crippen molar-refractivity contribution in [3.63, 3.8) is 0 Å². The number of esters is 1. The molecule has 2 aromatic carbocycles. The normalized spacial score (nSPS) is 10.3. The topological polar surface area (TPSA) is 77.8 Å². The number of hydrogen-bond acceptors (Lipinski definition) is 5. The van der Waals surface area contributed by atoms with E-state index < -0.39 is 18.5 Å². The van der Waals surface area contributed by atoms with E-state index in [-0.39, 0.29) is 24.7 Å². The third-order valence-electron chi connectivity index (χ3n) is 3.81. The van der Waals surface area contributed by atoms with E-state index in [1.165, 1.54) is 18.4 Å². The molecule has 0 spiro atoms. The molecule has 0 radical (unpaired) electrons. The van der Waals surface area contributed by atoms with Crippen molar-refractivity contribution in [2.45, 2.75) is 13.2 Å². The van der Waals surface area contributed by atoms with Crippen molar-refractivity contribution in [3.05, 3.63) is 89.6 Å². The van der Waals surface area contributed by atoms with Crippen molar-refractivity contribution in [2.24, 2.45) is 0 Å². The van der Waals surface area contributed by atoms with E-state index in [1.807, 2.05) is 18.2 Å². The minimum absolute atomic E-state index is 0.0118. The average Bonchev–Trinajstić information content (AvgIpc) is 3.19. The number of para-hydroxylation sites is 1. The Bertz CT molecular complexity index is 921. The van der Waals surface area contributed by atoms with Gasteiger partial charge < -0.3 is 19.2 Å². The molecule has 28 heavy (non-hydrogen) atoms. The van der Waals surface area contributed by atoms with Gasteiger partial charge >= 0.3 is 5.97 Å². The maximum absolute atomic E-state index is 12.9. The molecule has 1 heterocycles. The number of carbonyl (C=O) groups is 2. The van der Waals surface area contributed by atoms with E-state index in [0.717, 1.165) is 5.56 Å². The number of halogens is 1. The van der Waals surface area contributed by atoms with Crippen molar-refractivity contribution < 1.29 is 27.9 Å². The maximum atomic E-state index is 12.9. The second-order valence-corrected chi connectivity index (χ2v) is 5.86. The fourth-order valence-electron chi connectivity index (χ4n) is 2.36. The van der Waals surface area contributed by atoms with Crippen LogP contribution in [0.4, 0.5) is 4.39 Å². The van der Waals surface area contributed by atoms with Gasteiger partial charge in [0, 0.05) is 12.1 Å². The van der Waals surface area contributed by atoms with Crippen LogP contribution in [0.2, 0.25) is 0 Å². The molecular formula is C21H18FNO5. The first-order valence-corrected chi connectivity index (χ1v) is 8.54. The molecule has 0 unspecified atom stereocenters. The van der Waals surface area contributed by atoms with Crippen LogP contribution in [0.5, 0.6) is 5.75 Å². The lowest BCUT2D eigenvalue weighted by Crippen LogP contribution is -2.28. The van der Waals surface area contributed by atoms with E-state index in [2.05, 4.69) is 5.32 Å². The van der Waals surface area contributed by atoms with Crippen LogP contribution in [0.1, 0.15) is 21.7 Å². The smallest absolute Gasteiger partial charge is 0.375 e. The van der Waals surface area contributed by atoms with E-state index in [1.54, 1.807) is 30.3 Å². The van der Waals surface area contributed by atoms with Gasteiger partial charge in [0.1, 0.15) is 18.2 Å². The largest absolute Gasteiger partial charge is 0.489 e. The van der Waals surface area contributed by atoms with Gasteiger partial charge in [-0.05, 0) is 35.9 Å². The monoisotopic (exact) mass is 383 g/mol. The van der Waals surface area contributed by atoms with E-state index in [0.29, 0.717) is 11.3 Å². The first-order valence-electron chi connectivity index (χ1n) is 8.54. The Labute approximate surface area is 160 Å². The molecule has 3 rings (SSSR count).